The number of carboxylic acid groups (broad SMARTS) is 1. The maximum atomic E-state index is 13.4. The highest BCUT2D eigenvalue weighted by atomic mass is 16.4. The fourth-order valence-electron chi connectivity index (χ4n) is 5.11. The SMILES string of the molecule is CC[C@@H](C)N1C(=O)[C@@H]2[C@H](CCC(=O)[O-])[NH2+][C@@]3(C(=O)Nc4ccccc43)[C@@H]2C1=O. The topological polar surface area (TPSA) is 123 Å². The molecule has 0 aliphatic carbocycles. The van der Waals surface area contributed by atoms with E-state index < -0.39 is 29.4 Å². The van der Waals surface area contributed by atoms with Crippen LogP contribution in [0.1, 0.15) is 38.7 Å². The molecule has 0 bridgehead atoms. The van der Waals surface area contributed by atoms with Crippen LogP contribution in [0.2, 0.25) is 0 Å². The summed E-state index contributed by atoms with van der Waals surface area (Å²) in [7, 11) is 0. The predicted octanol–water partition coefficient (Wildman–Crippen LogP) is -1.29. The lowest BCUT2D eigenvalue weighted by Crippen LogP contribution is -2.99. The van der Waals surface area contributed by atoms with Crippen molar-refractivity contribution < 1.29 is 29.6 Å². The number of quaternary nitrogens is 1. The van der Waals surface area contributed by atoms with Crippen molar-refractivity contribution in [3.8, 4) is 0 Å². The molecule has 0 aromatic heterocycles. The number of amides is 3. The number of rotatable bonds is 5. The number of imide groups is 1. The molecule has 1 spiro atoms. The lowest BCUT2D eigenvalue weighted by molar-refractivity contribution is -0.734. The number of aliphatic carboxylic acids is 1. The second kappa shape index (κ2) is 6.41. The van der Waals surface area contributed by atoms with E-state index in [1.165, 1.54) is 4.90 Å². The summed E-state index contributed by atoms with van der Waals surface area (Å²) < 4.78 is 0. The van der Waals surface area contributed by atoms with Gasteiger partial charge in [0.25, 0.3) is 5.91 Å². The van der Waals surface area contributed by atoms with Gasteiger partial charge >= 0.3 is 0 Å². The van der Waals surface area contributed by atoms with Crippen LogP contribution in [0, 0.1) is 11.8 Å². The Bertz CT molecular complexity index is 884. The van der Waals surface area contributed by atoms with E-state index in [0.717, 1.165) is 0 Å². The average molecular weight is 385 g/mol. The van der Waals surface area contributed by atoms with Crippen LogP contribution in [0.15, 0.2) is 24.3 Å². The van der Waals surface area contributed by atoms with Gasteiger partial charge in [-0.2, -0.15) is 0 Å². The maximum Gasteiger partial charge on any atom is 0.291 e. The van der Waals surface area contributed by atoms with Crippen molar-refractivity contribution in [2.75, 3.05) is 5.32 Å². The number of fused-ring (bicyclic) bond motifs is 4. The van der Waals surface area contributed by atoms with Gasteiger partial charge in [0.1, 0.15) is 17.9 Å². The molecule has 0 saturated carbocycles. The van der Waals surface area contributed by atoms with Crippen LogP contribution in [-0.2, 0) is 24.7 Å². The highest BCUT2D eigenvalue weighted by molar-refractivity contribution is 6.14. The van der Waals surface area contributed by atoms with Gasteiger partial charge < -0.3 is 20.5 Å². The van der Waals surface area contributed by atoms with Crippen molar-refractivity contribution >= 4 is 29.4 Å². The Kier molecular flexibility index (Phi) is 4.26. The van der Waals surface area contributed by atoms with E-state index in [9.17, 15) is 24.3 Å². The predicted molar refractivity (Wildman–Crippen MR) is 95.3 cm³/mol. The van der Waals surface area contributed by atoms with Gasteiger partial charge in [0.2, 0.25) is 17.4 Å². The summed E-state index contributed by atoms with van der Waals surface area (Å²) in [5.74, 6) is -3.76. The summed E-state index contributed by atoms with van der Waals surface area (Å²) >= 11 is 0. The molecular formula is C20H23N3O5. The Morgan fingerprint density at radius 2 is 2.00 bits per heavy atom. The quantitative estimate of drug-likeness (QED) is 0.611. The van der Waals surface area contributed by atoms with Crippen molar-refractivity contribution in [3.05, 3.63) is 29.8 Å². The van der Waals surface area contributed by atoms with Crippen LogP contribution in [0.25, 0.3) is 0 Å². The third kappa shape index (κ3) is 2.33. The first kappa shape index (κ1) is 18.6. The van der Waals surface area contributed by atoms with Gasteiger partial charge in [0.15, 0.2) is 0 Å². The van der Waals surface area contributed by atoms with E-state index in [-0.39, 0.29) is 36.6 Å². The van der Waals surface area contributed by atoms with Gasteiger partial charge in [0, 0.05) is 24.0 Å². The molecule has 3 amide bonds. The van der Waals surface area contributed by atoms with Crippen molar-refractivity contribution in [1.82, 2.24) is 4.90 Å². The number of para-hydroxylation sites is 1. The van der Waals surface area contributed by atoms with Crippen molar-refractivity contribution in [2.45, 2.75) is 50.7 Å². The van der Waals surface area contributed by atoms with E-state index in [1.807, 2.05) is 13.8 Å². The molecule has 4 rings (SSSR count). The Labute approximate surface area is 162 Å². The highest BCUT2D eigenvalue weighted by Gasteiger charge is 2.74. The van der Waals surface area contributed by atoms with Gasteiger partial charge in [-0.1, -0.05) is 25.1 Å². The molecule has 148 valence electrons. The molecule has 3 aliphatic rings. The first-order valence-electron chi connectivity index (χ1n) is 9.66. The molecule has 2 fully saturated rings. The van der Waals surface area contributed by atoms with Gasteiger partial charge in [-0.25, -0.2) is 0 Å². The van der Waals surface area contributed by atoms with Gasteiger partial charge in [-0.05, 0) is 25.8 Å². The Hall–Kier alpha value is -2.74. The van der Waals surface area contributed by atoms with Crippen LogP contribution in [0.5, 0.6) is 0 Å². The third-order valence-electron chi connectivity index (χ3n) is 6.52. The second-order valence-electron chi connectivity index (χ2n) is 7.92. The number of nitrogens with zero attached hydrogens (tertiary/aromatic N) is 1. The number of carbonyl (C=O) groups is 4. The molecule has 2 saturated heterocycles. The zero-order valence-electron chi connectivity index (χ0n) is 15.8. The number of benzene rings is 1. The molecule has 28 heavy (non-hydrogen) atoms. The van der Waals surface area contributed by atoms with Gasteiger partial charge in [0.05, 0.1) is 5.69 Å². The fraction of sp³-hybridized carbons (Fsp3) is 0.500. The van der Waals surface area contributed by atoms with E-state index in [4.69, 9.17) is 0 Å². The molecule has 5 atom stereocenters. The molecule has 0 radical (unpaired) electrons. The van der Waals surface area contributed by atoms with E-state index in [1.54, 1.807) is 29.6 Å². The standard InChI is InChI=1S/C20H23N3O5/c1-3-10(2)23-17(26)15-13(8-9-14(24)25)22-20(16(15)18(23)27)11-6-4-5-7-12(11)21-19(20)28/h4-7,10,13,15-16,22H,3,8-9H2,1-2H3,(H,21,28)(H,24,25)/t10-,13+,15-,16+,20-/m1/s1. The zero-order chi connectivity index (χ0) is 20.2. The van der Waals surface area contributed by atoms with Crippen LogP contribution in [0.4, 0.5) is 5.69 Å². The highest BCUT2D eigenvalue weighted by Crippen LogP contribution is 2.49. The largest absolute Gasteiger partial charge is 0.550 e. The Morgan fingerprint density at radius 3 is 2.68 bits per heavy atom. The van der Waals surface area contributed by atoms with Gasteiger partial charge in [-0.15, -0.1) is 0 Å². The van der Waals surface area contributed by atoms with Crippen molar-refractivity contribution in [3.63, 3.8) is 0 Å². The minimum Gasteiger partial charge on any atom is -0.550 e. The molecule has 3 aliphatic heterocycles. The Morgan fingerprint density at radius 1 is 1.29 bits per heavy atom. The molecular weight excluding hydrogens is 362 g/mol. The van der Waals surface area contributed by atoms with E-state index >= 15 is 0 Å². The number of likely N-dealkylation sites (tertiary alicyclic amines) is 1. The average Bonchev–Trinajstić information content (AvgIpc) is 3.24. The molecule has 0 unspecified atom stereocenters. The molecule has 1 aromatic carbocycles. The minimum atomic E-state index is -1.24. The van der Waals surface area contributed by atoms with Crippen LogP contribution >= 0.6 is 0 Å². The molecule has 1 aromatic rings. The second-order valence-corrected chi connectivity index (χ2v) is 7.92. The summed E-state index contributed by atoms with van der Waals surface area (Å²) in [6.07, 6.45) is 0.544. The van der Waals surface area contributed by atoms with Gasteiger partial charge in [-0.3, -0.25) is 19.3 Å². The summed E-state index contributed by atoms with van der Waals surface area (Å²) in [6.45, 7) is 3.71. The maximum absolute atomic E-state index is 13.4. The number of carboxylic acids is 1. The number of carbonyl (C=O) groups excluding carboxylic acids is 4. The monoisotopic (exact) mass is 385 g/mol. The lowest BCUT2D eigenvalue weighted by Gasteiger charge is -2.28. The minimum absolute atomic E-state index is 0.161. The summed E-state index contributed by atoms with van der Waals surface area (Å²) in [5, 5.41) is 15.6. The molecule has 3 N–H and O–H groups in total. The number of anilines is 1. The van der Waals surface area contributed by atoms with E-state index in [2.05, 4.69) is 5.32 Å². The molecule has 8 nitrogen and oxygen atoms in total. The number of nitrogens with one attached hydrogen (secondary N) is 1. The number of hydrogen-bond donors (Lipinski definition) is 2. The smallest absolute Gasteiger partial charge is 0.291 e. The summed E-state index contributed by atoms with van der Waals surface area (Å²) in [4.78, 5) is 52.0. The first-order chi connectivity index (χ1) is 13.3. The number of hydrogen-bond acceptors (Lipinski definition) is 5. The van der Waals surface area contributed by atoms with E-state index in [0.29, 0.717) is 17.7 Å². The molecule has 3 heterocycles. The van der Waals surface area contributed by atoms with Crippen LogP contribution in [0.3, 0.4) is 0 Å². The number of nitrogens with two attached hydrogens (primary N) is 1. The van der Waals surface area contributed by atoms with Crippen LogP contribution in [-0.4, -0.2) is 40.7 Å². The summed E-state index contributed by atoms with van der Waals surface area (Å²) in [6, 6.07) is 6.41. The van der Waals surface area contributed by atoms with Crippen molar-refractivity contribution in [2.24, 2.45) is 11.8 Å². The fourth-order valence-corrected chi connectivity index (χ4v) is 5.11. The first-order valence-corrected chi connectivity index (χ1v) is 9.66. The zero-order valence-corrected chi connectivity index (χ0v) is 15.8. The third-order valence-corrected chi connectivity index (χ3v) is 6.52. The Balaban J connectivity index is 1.83. The normalized spacial score (nSPS) is 31.9. The summed E-state index contributed by atoms with van der Waals surface area (Å²) in [5.41, 5.74) is 0.0655. The molecule has 8 heteroatoms. The van der Waals surface area contributed by atoms with Crippen molar-refractivity contribution in [1.29, 1.82) is 0 Å². The lowest BCUT2D eigenvalue weighted by atomic mass is 9.76. The van der Waals surface area contributed by atoms with Crippen LogP contribution < -0.4 is 15.7 Å².